The second kappa shape index (κ2) is 8.64. The van der Waals surface area contributed by atoms with E-state index in [1.54, 1.807) is 17.7 Å². The van der Waals surface area contributed by atoms with E-state index in [1.807, 2.05) is 31.2 Å². The fourth-order valence-electron chi connectivity index (χ4n) is 3.74. The largest absolute Gasteiger partial charge is 0.293 e. The van der Waals surface area contributed by atoms with Crippen molar-refractivity contribution in [2.24, 2.45) is 5.92 Å². The van der Waals surface area contributed by atoms with Crippen LogP contribution < -0.4 is 5.32 Å². The molecule has 31 heavy (non-hydrogen) atoms. The summed E-state index contributed by atoms with van der Waals surface area (Å²) in [6, 6.07) is 8.11. The third kappa shape index (κ3) is 4.35. The first-order valence-corrected chi connectivity index (χ1v) is 12.7. The first kappa shape index (κ1) is 20.5. The minimum atomic E-state index is -0.136. The average Bonchev–Trinajstić information content (AvgIpc) is 3.37. The number of carbonyl (C=O) groups is 1. The van der Waals surface area contributed by atoms with Gasteiger partial charge in [-0.2, -0.15) is 9.36 Å². The van der Waals surface area contributed by atoms with Crippen molar-refractivity contribution in [1.82, 2.24) is 19.3 Å². The molecule has 0 aliphatic heterocycles. The quantitative estimate of drug-likeness (QED) is 0.314. The molecule has 1 amide bonds. The number of benzene rings is 1. The Morgan fingerprint density at radius 1 is 1.26 bits per heavy atom. The van der Waals surface area contributed by atoms with Gasteiger partial charge in [0.25, 0.3) is 0 Å². The Morgan fingerprint density at radius 3 is 2.94 bits per heavy atom. The highest BCUT2D eigenvalue weighted by atomic mass is 32.2. The van der Waals surface area contributed by atoms with E-state index < -0.39 is 0 Å². The first-order chi connectivity index (χ1) is 15.1. The highest BCUT2D eigenvalue weighted by molar-refractivity contribution is 8.00. The lowest BCUT2D eigenvalue weighted by atomic mass is 9.89. The number of hydrogen-bond acceptors (Lipinski definition) is 8. The molecular formula is C22H21N5OS3. The van der Waals surface area contributed by atoms with Crippen LogP contribution in [0.4, 0.5) is 5.95 Å². The van der Waals surface area contributed by atoms with Crippen LogP contribution in [0.25, 0.3) is 20.8 Å². The van der Waals surface area contributed by atoms with Gasteiger partial charge >= 0.3 is 0 Å². The SMILES string of the molecule is Cc1ccc(-c2nc(NC(=O)CSc3ncnc4sc5c(c34)CC[C@H](C)C5)ns2)cc1. The Kier molecular flexibility index (Phi) is 5.73. The van der Waals surface area contributed by atoms with Crippen LogP contribution in [0, 0.1) is 12.8 Å². The number of aryl methyl sites for hydroxylation is 2. The highest BCUT2D eigenvalue weighted by Gasteiger charge is 2.23. The summed E-state index contributed by atoms with van der Waals surface area (Å²) in [7, 11) is 0. The zero-order valence-corrected chi connectivity index (χ0v) is 19.7. The van der Waals surface area contributed by atoms with Gasteiger partial charge in [-0.1, -0.05) is 48.5 Å². The molecule has 3 aromatic heterocycles. The van der Waals surface area contributed by atoms with Crippen LogP contribution in [0.15, 0.2) is 35.6 Å². The molecule has 0 unspecified atom stereocenters. The van der Waals surface area contributed by atoms with E-state index in [9.17, 15) is 4.79 Å². The van der Waals surface area contributed by atoms with Crippen molar-refractivity contribution in [2.45, 2.75) is 38.1 Å². The molecule has 158 valence electrons. The van der Waals surface area contributed by atoms with E-state index in [2.05, 4.69) is 31.6 Å². The van der Waals surface area contributed by atoms with Gasteiger partial charge in [0.05, 0.1) is 5.75 Å². The van der Waals surface area contributed by atoms with Crippen LogP contribution in [0.5, 0.6) is 0 Å². The summed E-state index contributed by atoms with van der Waals surface area (Å²) in [6.07, 6.45) is 4.97. The van der Waals surface area contributed by atoms with Crippen molar-refractivity contribution in [3.05, 3.63) is 46.6 Å². The van der Waals surface area contributed by atoms with Crippen LogP contribution in [-0.4, -0.2) is 31.0 Å². The van der Waals surface area contributed by atoms with E-state index in [0.29, 0.717) is 11.9 Å². The fourth-order valence-corrected chi connectivity index (χ4v) is 6.61. The summed E-state index contributed by atoms with van der Waals surface area (Å²) in [5.74, 6) is 1.18. The average molecular weight is 468 g/mol. The summed E-state index contributed by atoms with van der Waals surface area (Å²) in [6.45, 7) is 4.35. The lowest BCUT2D eigenvalue weighted by Gasteiger charge is -2.18. The van der Waals surface area contributed by atoms with E-state index in [-0.39, 0.29) is 11.7 Å². The molecule has 0 spiro atoms. The minimum absolute atomic E-state index is 0.136. The molecular weight excluding hydrogens is 446 g/mol. The van der Waals surface area contributed by atoms with Crippen LogP contribution in [-0.2, 0) is 17.6 Å². The number of amides is 1. The Balaban J connectivity index is 1.27. The van der Waals surface area contributed by atoms with Gasteiger partial charge in [0.1, 0.15) is 21.2 Å². The lowest BCUT2D eigenvalue weighted by molar-refractivity contribution is -0.113. The van der Waals surface area contributed by atoms with Gasteiger partial charge in [-0.05, 0) is 49.2 Å². The molecule has 1 atom stereocenters. The second-order valence-electron chi connectivity index (χ2n) is 7.84. The molecule has 0 fully saturated rings. The number of thiophene rings is 1. The fraction of sp³-hybridized carbons (Fsp3) is 0.318. The molecule has 0 saturated heterocycles. The molecule has 1 aliphatic carbocycles. The maximum Gasteiger partial charge on any atom is 0.241 e. The summed E-state index contributed by atoms with van der Waals surface area (Å²) >= 11 is 4.51. The van der Waals surface area contributed by atoms with Crippen molar-refractivity contribution >= 4 is 56.7 Å². The lowest BCUT2D eigenvalue weighted by Crippen LogP contribution is -2.15. The molecule has 0 bridgehead atoms. The number of fused-ring (bicyclic) bond motifs is 3. The monoisotopic (exact) mass is 467 g/mol. The van der Waals surface area contributed by atoms with Crippen molar-refractivity contribution < 1.29 is 4.79 Å². The molecule has 9 heteroatoms. The number of nitrogens with zero attached hydrogens (tertiary/aromatic N) is 4. The van der Waals surface area contributed by atoms with E-state index >= 15 is 0 Å². The standard InChI is InChI=1S/C22H21N5OS3/c1-12-3-6-14(7-4-12)19-26-22(27-31-19)25-17(28)10-29-20-18-15-8-5-13(2)9-16(15)30-21(18)24-11-23-20/h3-4,6-7,11,13H,5,8-10H2,1-2H3,(H,25,27,28)/t13-/m0/s1. The van der Waals surface area contributed by atoms with Crippen LogP contribution in [0.1, 0.15) is 29.3 Å². The summed E-state index contributed by atoms with van der Waals surface area (Å²) in [5, 5.41) is 5.63. The first-order valence-electron chi connectivity index (χ1n) is 10.2. The summed E-state index contributed by atoms with van der Waals surface area (Å²) in [5.41, 5.74) is 3.57. The topological polar surface area (TPSA) is 80.7 Å². The second-order valence-corrected chi connectivity index (χ2v) is 10.6. The zero-order valence-electron chi connectivity index (χ0n) is 17.2. The predicted molar refractivity (Wildman–Crippen MR) is 128 cm³/mol. The predicted octanol–water partition coefficient (Wildman–Crippen LogP) is 5.37. The van der Waals surface area contributed by atoms with Crippen molar-refractivity contribution in [3.63, 3.8) is 0 Å². The van der Waals surface area contributed by atoms with E-state index in [0.717, 1.165) is 38.7 Å². The van der Waals surface area contributed by atoms with Crippen LogP contribution >= 0.6 is 34.6 Å². The Hall–Kier alpha value is -2.36. The molecule has 1 aliphatic rings. The summed E-state index contributed by atoms with van der Waals surface area (Å²) in [4.78, 5) is 28.4. The smallest absolute Gasteiger partial charge is 0.241 e. The van der Waals surface area contributed by atoms with Gasteiger partial charge in [0.15, 0.2) is 0 Å². The molecule has 1 N–H and O–H groups in total. The van der Waals surface area contributed by atoms with Crippen molar-refractivity contribution in [2.75, 3.05) is 11.1 Å². The third-order valence-corrected chi connectivity index (χ3v) is 8.29. The zero-order chi connectivity index (χ0) is 21.4. The van der Waals surface area contributed by atoms with Gasteiger partial charge in [0, 0.05) is 15.8 Å². The van der Waals surface area contributed by atoms with Gasteiger partial charge in [-0.3, -0.25) is 10.1 Å². The number of thioether (sulfide) groups is 1. The maximum absolute atomic E-state index is 12.5. The highest BCUT2D eigenvalue weighted by Crippen LogP contribution is 2.40. The molecule has 0 radical (unpaired) electrons. The van der Waals surface area contributed by atoms with Crippen molar-refractivity contribution in [1.29, 1.82) is 0 Å². The Morgan fingerprint density at radius 2 is 2.10 bits per heavy atom. The minimum Gasteiger partial charge on any atom is -0.293 e. The number of aromatic nitrogens is 4. The number of hydrogen-bond donors (Lipinski definition) is 1. The van der Waals surface area contributed by atoms with Crippen molar-refractivity contribution in [3.8, 4) is 10.6 Å². The Labute approximate surface area is 192 Å². The maximum atomic E-state index is 12.5. The van der Waals surface area contributed by atoms with Gasteiger partial charge in [-0.25, -0.2) is 9.97 Å². The molecule has 3 heterocycles. The number of carbonyl (C=O) groups excluding carboxylic acids is 1. The number of rotatable bonds is 5. The molecule has 0 saturated carbocycles. The molecule has 5 rings (SSSR count). The normalized spacial score (nSPS) is 15.7. The van der Waals surface area contributed by atoms with Crippen LogP contribution in [0.2, 0.25) is 0 Å². The van der Waals surface area contributed by atoms with Crippen LogP contribution in [0.3, 0.4) is 0 Å². The summed E-state index contributed by atoms with van der Waals surface area (Å²) < 4.78 is 4.28. The third-order valence-electron chi connectivity index (χ3n) is 5.37. The van der Waals surface area contributed by atoms with Gasteiger partial charge in [0.2, 0.25) is 11.9 Å². The number of nitrogens with one attached hydrogen (secondary N) is 1. The van der Waals surface area contributed by atoms with Gasteiger partial charge in [-0.15, -0.1) is 11.3 Å². The molecule has 4 aromatic rings. The number of anilines is 1. The molecule has 1 aromatic carbocycles. The molecule has 6 nitrogen and oxygen atoms in total. The Bertz CT molecular complexity index is 1250. The van der Waals surface area contributed by atoms with E-state index in [1.165, 1.54) is 45.7 Å². The van der Waals surface area contributed by atoms with E-state index in [4.69, 9.17) is 0 Å². The van der Waals surface area contributed by atoms with Gasteiger partial charge < -0.3 is 0 Å².